The van der Waals surface area contributed by atoms with Gasteiger partial charge in [-0.3, -0.25) is 0 Å². The first-order valence-electron chi connectivity index (χ1n) is 48.9. The van der Waals surface area contributed by atoms with Gasteiger partial charge >= 0.3 is 0 Å². The quantitative estimate of drug-likeness (QED) is 0.0490. The number of ether oxygens (including phenoxy) is 5. The second-order valence-corrected chi connectivity index (χ2v) is 46.7. The topological polar surface area (TPSA) is 46.2 Å². The van der Waals surface area contributed by atoms with Gasteiger partial charge in [-0.25, -0.2) is 0 Å². The molecule has 0 spiro atoms. The first kappa shape index (κ1) is 112. The van der Waals surface area contributed by atoms with Crippen molar-refractivity contribution in [2.75, 3.05) is 0 Å². The normalized spacial score (nSPS) is 12.8. The number of hydrogen-bond donors (Lipinski definition) is 0. The third kappa shape index (κ3) is 30.0. The van der Waals surface area contributed by atoms with E-state index in [0.717, 1.165) is 87.2 Å². The van der Waals surface area contributed by atoms with Crippen LogP contribution in [0.15, 0.2) is 60.7 Å². The highest BCUT2D eigenvalue weighted by atomic mass is 16.5. The summed E-state index contributed by atoms with van der Waals surface area (Å²) in [5.74, 6) is 8.02. The minimum Gasteiger partial charge on any atom is -0.490 e. The van der Waals surface area contributed by atoms with Crippen LogP contribution in [0, 0.1) is 17.8 Å². The summed E-state index contributed by atoms with van der Waals surface area (Å²) in [7, 11) is 0. The van der Waals surface area contributed by atoms with Crippen LogP contribution in [-0.2, 0) is 82.9 Å². The standard InChI is InChI=1S/C25H36O.2C25H44O.C23H40O.C19H32O/c1-9-21-22(25(6,7)8)16-20(15-19-13-11-10-12-14-19)24(26-18(4)5)23(21)17(2)3;1-14-18-19(23(6,7)8)15-20(25(12,13)24(9,10)11)22(26-17(4)5)21(18)16(2)3;1-12-19-20(24(9,10)11)16-21(25(13-2,14-3)15-4)23(26-18(7)8)22(19)17(5)6;1-12-18-19(23(9,10)11)13-17(14-22(6,7)8)21(24-16(4)5)20(18)15(2)3;1-10-15-14(6)11-16(19(7,8)9)18(20-13(4)5)17(15)12(2)3/h10-14,16-18H,9,15H2,1-8H3;15-17H,14H2,1-13H3;16-18H,12-15H2,1-11H3;13,15-16H,12,14H2,1-11H3;11-13H,10H2,1-9H3. The summed E-state index contributed by atoms with van der Waals surface area (Å²) in [6.07, 6.45) is 11.6. The van der Waals surface area contributed by atoms with Gasteiger partial charge in [0.15, 0.2) is 0 Å². The number of aryl methyl sites for hydroxylation is 1. The Morgan fingerprint density at radius 1 is 0.270 bits per heavy atom. The van der Waals surface area contributed by atoms with E-state index in [1.165, 1.54) is 123 Å². The van der Waals surface area contributed by atoms with E-state index in [1.807, 2.05) is 0 Å². The number of benzene rings is 6. The molecule has 6 rings (SSSR count). The molecular weight excluding hydrogens is 1490 g/mol. The summed E-state index contributed by atoms with van der Waals surface area (Å²) in [4.78, 5) is 0. The second-order valence-electron chi connectivity index (χ2n) is 46.7. The van der Waals surface area contributed by atoms with Gasteiger partial charge in [0.2, 0.25) is 0 Å². The predicted octanol–water partition coefficient (Wildman–Crippen LogP) is 35.6. The van der Waals surface area contributed by atoms with Crippen molar-refractivity contribution in [1.82, 2.24) is 0 Å². The molecule has 6 aromatic rings. The van der Waals surface area contributed by atoms with Crippen molar-refractivity contribution in [2.24, 2.45) is 10.8 Å². The van der Waals surface area contributed by atoms with E-state index in [4.69, 9.17) is 23.7 Å². The Balaban J connectivity index is 0.000000518. The second kappa shape index (κ2) is 45.8. The molecule has 0 saturated heterocycles. The highest BCUT2D eigenvalue weighted by Crippen LogP contribution is 2.53. The van der Waals surface area contributed by atoms with Crippen LogP contribution >= 0.6 is 0 Å². The van der Waals surface area contributed by atoms with Gasteiger partial charge < -0.3 is 23.7 Å². The van der Waals surface area contributed by atoms with Gasteiger partial charge in [-0.15, -0.1) is 0 Å². The van der Waals surface area contributed by atoms with Crippen LogP contribution in [0.4, 0.5) is 0 Å². The molecule has 0 bridgehead atoms. The lowest BCUT2D eigenvalue weighted by atomic mass is 9.63. The molecule has 0 aliphatic heterocycles. The van der Waals surface area contributed by atoms with Crippen LogP contribution in [0.5, 0.6) is 28.7 Å². The van der Waals surface area contributed by atoms with Gasteiger partial charge in [0.1, 0.15) is 28.7 Å². The minimum atomic E-state index is 0.00708. The third-order valence-corrected chi connectivity index (χ3v) is 25.1. The van der Waals surface area contributed by atoms with Crippen LogP contribution in [0.1, 0.15) is 519 Å². The Labute approximate surface area is 758 Å². The van der Waals surface area contributed by atoms with Crippen molar-refractivity contribution in [2.45, 2.75) is 522 Å². The molecule has 0 aliphatic rings. The maximum Gasteiger partial charge on any atom is 0.127 e. The van der Waals surface area contributed by atoms with Crippen molar-refractivity contribution < 1.29 is 23.7 Å². The SMILES string of the molecule is CCc1c(C(C)(C)C)cc(C(C)(C)C(C)(C)C)c(OC(C)C)c1C(C)C.CCc1c(C(C)(C)C)cc(C(CC)(CC)CC)c(OC(C)C)c1C(C)C.CCc1c(C(C)(C)C)cc(CC(C)(C)C)c(OC(C)C)c1C(C)C.CCc1c(C(C)(C)C)cc(Cc2ccccc2)c(OC(C)C)c1C(C)C.CCc1c(C)cc(C(C)(C)C)c(OC(C)C)c1C(C)C. The summed E-state index contributed by atoms with van der Waals surface area (Å²) in [6, 6.07) is 22.9. The monoisotopic (exact) mass is 1680 g/mol. The largest absolute Gasteiger partial charge is 0.490 e. The van der Waals surface area contributed by atoms with Crippen LogP contribution in [0.2, 0.25) is 0 Å². The van der Waals surface area contributed by atoms with Crippen molar-refractivity contribution in [1.29, 1.82) is 0 Å². The Hall–Kier alpha value is -5.68. The molecule has 0 heterocycles. The zero-order valence-corrected chi connectivity index (χ0v) is 90.2. The van der Waals surface area contributed by atoms with E-state index in [0.29, 0.717) is 29.6 Å². The number of hydrogen-bond acceptors (Lipinski definition) is 5. The van der Waals surface area contributed by atoms with Gasteiger partial charge in [0, 0.05) is 50.9 Å². The zero-order valence-electron chi connectivity index (χ0n) is 90.2. The smallest absolute Gasteiger partial charge is 0.127 e. The lowest BCUT2D eigenvalue weighted by Crippen LogP contribution is -2.36. The fourth-order valence-electron chi connectivity index (χ4n) is 18.2. The summed E-state index contributed by atoms with van der Waals surface area (Å²) in [5, 5.41) is 0. The van der Waals surface area contributed by atoms with Crippen LogP contribution in [0.3, 0.4) is 0 Å². The fraction of sp³-hybridized carbons (Fsp3) is 0.692. The first-order valence-corrected chi connectivity index (χ1v) is 48.9. The average molecular weight is 1680 g/mol. The molecule has 0 aromatic heterocycles. The molecule has 5 nitrogen and oxygen atoms in total. The van der Waals surface area contributed by atoms with Crippen LogP contribution in [-0.4, -0.2) is 30.5 Å². The van der Waals surface area contributed by atoms with Gasteiger partial charge in [-0.1, -0.05) is 345 Å². The molecule has 5 heteroatoms. The molecule has 0 radical (unpaired) electrons. The van der Waals surface area contributed by atoms with Crippen molar-refractivity contribution in [3.05, 3.63) is 177 Å². The molecular formula is C117H196O5. The highest BCUT2D eigenvalue weighted by molar-refractivity contribution is 5.61. The molecule has 0 aliphatic carbocycles. The van der Waals surface area contributed by atoms with E-state index in [2.05, 4.69) is 421 Å². The van der Waals surface area contributed by atoms with Gasteiger partial charge in [0.25, 0.3) is 0 Å². The van der Waals surface area contributed by atoms with E-state index < -0.39 is 0 Å². The summed E-state index contributed by atoms with van der Waals surface area (Å²) >= 11 is 0. The highest BCUT2D eigenvalue weighted by Gasteiger charge is 2.42. The van der Waals surface area contributed by atoms with Crippen LogP contribution < -0.4 is 23.7 Å². The maximum absolute atomic E-state index is 6.56. The molecule has 0 amide bonds. The molecule has 122 heavy (non-hydrogen) atoms. The summed E-state index contributed by atoms with van der Waals surface area (Å²) < 4.78 is 32.2. The lowest BCUT2D eigenvalue weighted by Gasteiger charge is -2.42. The molecule has 0 N–H and O–H groups in total. The Morgan fingerprint density at radius 3 is 0.795 bits per heavy atom. The van der Waals surface area contributed by atoms with E-state index in [1.54, 1.807) is 0 Å². The Morgan fingerprint density at radius 2 is 0.525 bits per heavy atom. The van der Waals surface area contributed by atoms with E-state index in [-0.39, 0.29) is 79.3 Å². The van der Waals surface area contributed by atoms with Gasteiger partial charge in [-0.2, -0.15) is 0 Å². The average Bonchev–Trinajstić information content (AvgIpc) is 0.762. The van der Waals surface area contributed by atoms with Crippen LogP contribution in [0.25, 0.3) is 0 Å². The Kier molecular flexibility index (Phi) is 42.2. The van der Waals surface area contributed by atoms with Crippen molar-refractivity contribution in [3.8, 4) is 28.7 Å². The van der Waals surface area contributed by atoms with E-state index >= 15 is 0 Å². The molecule has 0 fully saturated rings. The molecule has 694 valence electrons. The maximum atomic E-state index is 6.56. The molecule has 6 aromatic carbocycles. The predicted molar refractivity (Wildman–Crippen MR) is 544 cm³/mol. The third-order valence-electron chi connectivity index (χ3n) is 25.1. The molecule has 0 unspecified atom stereocenters. The zero-order chi connectivity index (χ0) is 95.0. The number of rotatable bonds is 28. The summed E-state index contributed by atoms with van der Waals surface area (Å²) in [6.45, 7) is 118. The van der Waals surface area contributed by atoms with Crippen molar-refractivity contribution in [3.63, 3.8) is 0 Å². The minimum absolute atomic E-state index is 0.00708. The summed E-state index contributed by atoms with van der Waals surface area (Å²) in [5.41, 5.74) is 31.3. The van der Waals surface area contributed by atoms with Gasteiger partial charge in [-0.05, 0) is 285 Å². The Bertz CT molecular complexity index is 4090. The first-order chi connectivity index (χ1) is 55.5. The fourth-order valence-corrected chi connectivity index (χ4v) is 18.2. The lowest BCUT2D eigenvalue weighted by molar-refractivity contribution is 0.196. The molecule has 0 atom stereocenters. The van der Waals surface area contributed by atoms with Gasteiger partial charge in [0.05, 0.1) is 30.5 Å². The van der Waals surface area contributed by atoms with E-state index in [9.17, 15) is 0 Å². The van der Waals surface area contributed by atoms with Crippen molar-refractivity contribution >= 4 is 0 Å². The molecule has 0 saturated carbocycles.